The normalized spacial score (nSPS) is 10.3. The van der Waals surface area contributed by atoms with Crippen molar-refractivity contribution in [1.82, 2.24) is 0 Å². The van der Waals surface area contributed by atoms with Gasteiger partial charge in [0.2, 0.25) is 0 Å². The highest BCUT2D eigenvalue weighted by Gasteiger charge is 2.15. The van der Waals surface area contributed by atoms with Crippen LogP contribution < -0.4 is 10.1 Å². The summed E-state index contributed by atoms with van der Waals surface area (Å²) in [4.78, 5) is 12.1. The molecule has 3 nitrogen and oxygen atoms in total. The minimum atomic E-state index is -0.305. The summed E-state index contributed by atoms with van der Waals surface area (Å²) in [6.45, 7) is 2.41. The third-order valence-corrected chi connectivity index (χ3v) is 3.82. The van der Waals surface area contributed by atoms with Gasteiger partial charge in [0.1, 0.15) is 10.1 Å². The molecule has 19 heavy (non-hydrogen) atoms. The van der Waals surface area contributed by atoms with E-state index in [9.17, 15) is 4.79 Å². The molecule has 1 amide bonds. The molecule has 0 bridgehead atoms. The first kappa shape index (κ1) is 14.2. The van der Waals surface area contributed by atoms with Gasteiger partial charge in [0.05, 0.1) is 22.2 Å². The number of hydrogen-bond donors (Lipinski definition) is 1. The summed E-state index contributed by atoms with van der Waals surface area (Å²) in [5.41, 5.74) is 0.968. The Morgan fingerprint density at radius 3 is 2.74 bits per heavy atom. The van der Waals surface area contributed by atoms with Crippen molar-refractivity contribution in [2.45, 2.75) is 6.92 Å². The fourth-order valence-electron chi connectivity index (χ4n) is 1.54. The fraction of sp³-hybridized carbons (Fsp3) is 0.154. The van der Waals surface area contributed by atoms with E-state index in [1.807, 2.05) is 19.1 Å². The molecule has 0 atom stereocenters. The summed E-state index contributed by atoms with van der Waals surface area (Å²) >= 11 is 12.9. The van der Waals surface area contributed by atoms with E-state index in [1.165, 1.54) is 0 Å². The lowest BCUT2D eigenvalue weighted by molar-refractivity contribution is 0.102. The molecule has 0 unspecified atom stereocenters. The number of ether oxygens (including phenoxy) is 1. The Bertz CT molecular complexity index is 598. The Morgan fingerprint density at radius 2 is 2.11 bits per heavy atom. The second-order valence-corrected chi connectivity index (χ2v) is 5.91. The molecule has 6 heteroatoms. The predicted molar refractivity (Wildman–Crippen MR) is 79.9 cm³/mol. The topological polar surface area (TPSA) is 38.3 Å². The standard InChI is InChI=1S/C13H11Cl2NO2S/c1-2-18-10-6-4-3-5-9(10)16-13(17)8-7-11(14)19-12(8)15/h3-7H,2H2,1H3,(H,16,17). The van der Waals surface area contributed by atoms with Crippen molar-refractivity contribution < 1.29 is 9.53 Å². The van der Waals surface area contributed by atoms with Crippen LogP contribution in [0.25, 0.3) is 0 Å². The van der Waals surface area contributed by atoms with Gasteiger partial charge in [0.25, 0.3) is 5.91 Å². The zero-order valence-electron chi connectivity index (χ0n) is 10.1. The molecule has 0 aliphatic heterocycles. The summed E-state index contributed by atoms with van der Waals surface area (Å²) in [6.07, 6.45) is 0. The van der Waals surface area contributed by atoms with Crippen molar-refractivity contribution in [2.75, 3.05) is 11.9 Å². The molecule has 1 aromatic carbocycles. The lowest BCUT2D eigenvalue weighted by Gasteiger charge is -2.10. The molecule has 1 heterocycles. The van der Waals surface area contributed by atoms with E-state index >= 15 is 0 Å². The summed E-state index contributed by atoms with van der Waals surface area (Å²) in [5, 5.41) is 2.77. The first-order chi connectivity index (χ1) is 9.11. The average molecular weight is 316 g/mol. The average Bonchev–Trinajstić information content (AvgIpc) is 2.71. The molecule has 2 rings (SSSR count). The summed E-state index contributed by atoms with van der Waals surface area (Å²) in [5.74, 6) is 0.316. The van der Waals surface area contributed by atoms with Crippen LogP contribution in [0.5, 0.6) is 5.75 Å². The van der Waals surface area contributed by atoms with E-state index in [0.717, 1.165) is 11.3 Å². The number of halogens is 2. The van der Waals surface area contributed by atoms with Crippen LogP contribution in [0.2, 0.25) is 8.67 Å². The minimum Gasteiger partial charge on any atom is -0.492 e. The summed E-state index contributed by atoms with van der Waals surface area (Å²) in [6, 6.07) is 8.77. The molecule has 0 fully saturated rings. The van der Waals surface area contributed by atoms with Crippen molar-refractivity contribution in [3.05, 3.63) is 44.6 Å². The molecule has 0 spiro atoms. The first-order valence-corrected chi connectivity index (χ1v) is 7.17. The highest BCUT2D eigenvalue weighted by Crippen LogP contribution is 2.32. The van der Waals surface area contributed by atoms with Crippen LogP contribution >= 0.6 is 34.5 Å². The van der Waals surface area contributed by atoms with Crippen LogP contribution in [0.3, 0.4) is 0 Å². The van der Waals surface area contributed by atoms with Crippen LogP contribution in [0.4, 0.5) is 5.69 Å². The highest BCUT2D eigenvalue weighted by molar-refractivity contribution is 7.20. The van der Waals surface area contributed by atoms with E-state index in [0.29, 0.717) is 32.3 Å². The summed E-state index contributed by atoms with van der Waals surface area (Å²) in [7, 11) is 0. The number of thiophene rings is 1. The molecular formula is C13H11Cl2NO2S. The van der Waals surface area contributed by atoms with Gasteiger partial charge in [-0.3, -0.25) is 4.79 Å². The number of carbonyl (C=O) groups excluding carboxylic acids is 1. The Kier molecular flexibility index (Phi) is 4.69. The first-order valence-electron chi connectivity index (χ1n) is 5.59. The molecule has 0 radical (unpaired) electrons. The molecule has 0 saturated carbocycles. The Morgan fingerprint density at radius 1 is 1.37 bits per heavy atom. The largest absolute Gasteiger partial charge is 0.492 e. The Labute approximate surface area is 125 Å². The lowest BCUT2D eigenvalue weighted by Crippen LogP contribution is -2.12. The van der Waals surface area contributed by atoms with Gasteiger partial charge >= 0.3 is 0 Å². The van der Waals surface area contributed by atoms with Crippen LogP contribution in [0.1, 0.15) is 17.3 Å². The van der Waals surface area contributed by atoms with Gasteiger partial charge in [-0.2, -0.15) is 0 Å². The number of benzene rings is 1. The van der Waals surface area contributed by atoms with Crippen LogP contribution in [0, 0.1) is 0 Å². The van der Waals surface area contributed by atoms with Gasteiger partial charge in [0, 0.05) is 0 Å². The molecule has 0 aliphatic carbocycles. The van der Waals surface area contributed by atoms with E-state index in [-0.39, 0.29) is 5.91 Å². The van der Waals surface area contributed by atoms with E-state index in [1.54, 1.807) is 18.2 Å². The molecule has 0 saturated heterocycles. The van der Waals surface area contributed by atoms with E-state index in [2.05, 4.69) is 5.32 Å². The molecule has 1 N–H and O–H groups in total. The minimum absolute atomic E-state index is 0.305. The van der Waals surface area contributed by atoms with Crippen molar-refractivity contribution in [3.63, 3.8) is 0 Å². The number of rotatable bonds is 4. The smallest absolute Gasteiger partial charge is 0.258 e. The monoisotopic (exact) mass is 315 g/mol. The van der Waals surface area contributed by atoms with E-state index < -0.39 is 0 Å². The predicted octanol–water partition coefficient (Wildman–Crippen LogP) is 4.71. The zero-order chi connectivity index (χ0) is 13.8. The Balaban J connectivity index is 2.21. The zero-order valence-corrected chi connectivity index (χ0v) is 12.4. The molecule has 0 aliphatic rings. The maximum atomic E-state index is 12.1. The van der Waals surface area contributed by atoms with Gasteiger partial charge in [-0.1, -0.05) is 35.3 Å². The fourth-order valence-corrected chi connectivity index (χ4v) is 2.99. The maximum Gasteiger partial charge on any atom is 0.258 e. The maximum absolute atomic E-state index is 12.1. The SMILES string of the molecule is CCOc1ccccc1NC(=O)c1cc(Cl)sc1Cl. The van der Waals surface area contributed by atoms with Crippen LogP contribution in [-0.2, 0) is 0 Å². The quantitative estimate of drug-likeness (QED) is 0.887. The molecular weight excluding hydrogens is 305 g/mol. The van der Waals surface area contributed by atoms with Crippen molar-refractivity contribution in [2.24, 2.45) is 0 Å². The second-order valence-electron chi connectivity index (χ2n) is 3.62. The van der Waals surface area contributed by atoms with Crippen molar-refractivity contribution >= 4 is 46.1 Å². The number of nitrogens with one attached hydrogen (secondary N) is 1. The number of anilines is 1. The highest BCUT2D eigenvalue weighted by atomic mass is 35.5. The van der Waals surface area contributed by atoms with E-state index in [4.69, 9.17) is 27.9 Å². The van der Waals surface area contributed by atoms with Crippen molar-refractivity contribution in [1.29, 1.82) is 0 Å². The number of hydrogen-bond acceptors (Lipinski definition) is 3. The van der Waals surface area contributed by atoms with Gasteiger partial charge < -0.3 is 10.1 Å². The van der Waals surface area contributed by atoms with Gasteiger partial charge in [0.15, 0.2) is 0 Å². The van der Waals surface area contributed by atoms with Crippen LogP contribution in [-0.4, -0.2) is 12.5 Å². The number of para-hydroxylation sites is 2. The molecule has 2 aromatic rings. The molecule has 100 valence electrons. The number of carbonyl (C=O) groups is 1. The summed E-state index contributed by atoms with van der Waals surface area (Å²) < 4.78 is 6.29. The van der Waals surface area contributed by atoms with Gasteiger partial charge in [-0.15, -0.1) is 11.3 Å². The van der Waals surface area contributed by atoms with Gasteiger partial charge in [-0.05, 0) is 25.1 Å². The molecule has 1 aromatic heterocycles. The number of amides is 1. The van der Waals surface area contributed by atoms with Crippen molar-refractivity contribution in [3.8, 4) is 5.75 Å². The van der Waals surface area contributed by atoms with Crippen LogP contribution in [0.15, 0.2) is 30.3 Å². The third-order valence-electron chi connectivity index (χ3n) is 2.34. The third kappa shape index (κ3) is 3.41. The lowest BCUT2D eigenvalue weighted by atomic mass is 10.2. The Hall–Kier alpha value is -1.23. The van der Waals surface area contributed by atoms with Gasteiger partial charge in [-0.25, -0.2) is 0 Å². The second kappa shape index (κ2) is 6.28.